The second-order valence-corrected chi connectivity index (χ2v) is 3.91. The Kier molecular flexibility index (Phi) is 9.76. The molecule has 0 saturated carbocycles. The lowest BCUT2D eigenvalue weighted by atomic mass is 10.2. The van der Waals surface area contributed by atoms with Crippen LogP contribution in [0.4, 0.5) is 0 Å². The smallest absolute Gasteiger partial charge is 0.332 e. The van der Waals surface area contributed by atoms with Crippen molar-refractivity contribution in [1.29, 1.82) is 0 Å². The zero-order valence-electron chi connectivity index (χ0n) is 10.4. The summed E-state index contributed by atoms with van der Waals surface area (Å²) in [5.74, 6) is -0.561. The third-order valence-electron chi connectivity index (χ3n) is 2.27. The average Bonchev–Trinajstić information content (AvgIpc) is 2.27. The van der Waals surface area contributed by atoms with Crippen molar-refractivity contribution in [3.63, 3.8) is 0 Å². The fraction of sp³-hybridized carbons (Fsp3) is 0.833. The molecule has 0 heterocycles. The summed E-state index contributed by atoms with van der Waals surface area (Å²) in [5, 5.41) is 0. The Bertz CT molecular complexity index is 182. The van der Waals surface area contributed by atoms with Crippen LogP contribution in [0.1, 0.15) is 65.2 Å². The van der Waals surface area contributed by atoms with Gasteiger partial charge in [-0.2, -0.15) is 5.48 Å². The molecule has 0 aromatic carbocycles. The van der Waals surface area contributed by atoms with E-state index in [1.165, 1.54) is 0 Å². The highest BCUT2D eigenvalue weighted by Crippen LogP contribution is 2.01. The molecule has 0 rings (SSSR count). The van der Waals surface area contributed by atoms with E-state index in [0.717, 1.165) is 38.5 Å². The van der Waals surface area contributed by atoms with Gasteiger partial charge in [-0.05, 0) is 12.8 Å². The molecule has 0 bridgehead atoms. The zero-order chi connectivity index (χ0) is 12.2. The number of hydroxylamine groups is 1. The van der Waals surface area contributed by atoms with Crippen molar-refractivity contribution in [2.24, 2.45) is 0 Å². The predicted octanol–water partition coefficient (Wildman–Crippen LogP) is 2.72. The van der Waals surface area contributed by atoms with Crippen molar-refractivity contribution in [1.82, 2.24) is 5.48 Å². The number of nitrogens with one attached hydrogen (secondary N) is 1. The monoisotopic (exact) mass is 229 g/mol. The third-order valence-corrected chi connectivity index (χ3v) is 2.27. The van der Waals surface area contributed by atoms with E-state index < -0.39 is 0 Å². The second-order valence-electron chi connectivity index (χ2n) is 3.91. The van der Waals surface area contributed by atoms with E-state index in [-0.39, 0.29) is 11.9 Å². The van der Waals surface area contributed by atoms with Crippen molar-refractivity contribution in [3.05, 3.63) is 0 Å². The number of carbonyl (C=O) groups is 2. The van der Waals surface area contributed by atoms with Gasteiger partial charge in [0.15, 0.2) is 0 Å². The summed E-state index contributed by atoms with van der Waals surface area (Å²) < 4.78 is 0. The van der Waals surface area contributed by atoms with E-state index in [1.54, 1.807) is 0 Å². The molecule has 0 aliphatic heterocycles. The molecule has 1 N–H and O–H groups in total. The first kappa shape index (κ1) is 14.9. The average molecular weight is 229 g/mol. The van der Waals surface area contributed by atoms with Gasteiger partial charge in [0.25, 0.3) is 5.91 Å². The van der Waals surface area contributed by atoms with Crippen LogP contribution in [0.15, 0.2) is 0 Å². The summed E-state index contributed by atoms with van der Waals surface area (Å²) in [5.41, 5.74) is 2.18. The largest absolute Gasteiger partial charge is 0.341 e. The van der Waals surface area contributed by atoms with Crippen molar-refractivity contribution < 1.29 is 14.4 Å². The first-order valence-corrected chi connectivity index (χ1v) is 6.19. The van der Waals surface area contributed by atoms with Crippen molar-refractivity contribution >= 4 is 11.9 Å². The minimum absolute atomic E-state index is 0.211. The molecule has 4 heteroatoms. The number of unbranched alkanes of at least 4 members (excludes halogenated alkanes) is 4. The lowest BCUT2D eigenvalue weighted by Crippen LogP contribution is -2.26. The van der Waals surface area contributed by atoms with Gasteiger partial charge < -0.3 is 4.84 Å². The fourth-order valence-corrected chi connectivity index (χ4v) is 1.27. The molecule has 0 unspecified atom stereocenters. The Morgan fingerprint density at radius 1 is 0.938 bits per heavy atom. The SMILES string of the molecule is CCCCCC(=O)NOC(=O)CCCCC. The zero-order valence-corrected chi connectivity index (χ0v) is 10.4. The predicted molar refractivity (Wildman–Crippen MR) is 62.5 cm³/mol. The summed E-state index contributed by atoms with van der Waals surface area (Å²) >= 11 is 0. The maximum atomic E-state index is 11.2. The normalized spacial score (nSPS) is 9.88. The summed E-state index contributed by atoms with van der Waals surface area (Å²) in [6.45, 7) is 4.15. The van der Waals surface area contributed by atoms with Crippen molar-refractivity contribution in [3.8, 4) is 0 Å². The van der Waals surface area contributed by atoms with Crippen LogP contribution in [-0.4, -0.2) is 11.9 Å². The molecule has 0 aliphatic carbocycles. The van der Waals surface area contributed by atoms with Crippen molar-refractivity contribution in [2.45, 2.75) is 65.2 Å². The van der Waals surface area contributed by atoms with E-state index in [1.807, 2.05) is 0 Å². The molecule has 4 nitrogen and oxygen atoms in total. The Morgan fingerprint density at radius 3 is 2.06 bits per heavy atom. The van der Waals surface area contributed by atoms with Gasteiger partial charge in [0, 0.05) is 12.8 Å². The standard InChI is InChI=1S/C12H23NO3/c1-3-5-7-9-11(14)13-16-12(15)10-8-6-4-2/h3-10H2,1-2H3,(H,13,14). The molecular formula is C12H23NO3. The van der Waals surface area contributed by atoms with Crippen LogP contribution in [0.3, 0.4) is 0 Å². The second kappa shape index (κ2) is 10.5. The summed E-state index contributed by atoms with van der Waals surface area (Å²) in [7, 11) is 0. The fourth-order valence-electron chi connectivity index (χ4n) is 1.27. The lowest BCUT2D eigenvalue weighted by Gasteiger charge is -2.05. The molecule has 94 valence electrons. The highest BCUT2D eigenvalue weighted by atomic mass is 16.7. The highest BCUT2D eigenvalue weighted by molar-refractivity contribution is 5.77. The van der Waals surface area contributed by atoms with Gasteiger partial charge in [0.1, 0.15) is 0 Å². The summed E-state index contributed by atoms with van der Waals surface area (Å²) in [4.78, 5) is 26.9. The molecule has 1 amide bonds. The van der Waals surface area contributed by atoms with E-state index in [9.17, 15) is 9.59 Å². The van der Waals surface area contributed by atoms with Gasteiger partial charge in [0.05, 0.1) is 0 Å². The number of hydrogen-bond acceptors (Lipinski definition) is 3. The van der Waals surface area contributed by atoms with Gasteiger partial charge in [-0.25, -0.2) is 4.79 Å². The maximum absolute atomic E-state index is 11.2. The van der Waals surface area contributed by atoms with Crippen LogP contribution >= 0.6 is 0 Å². The molecule has 0 aromatic heterocycles. The van der Waals surface area contributed by atoms with Crippen LogP contribution in [-0.2, 0) is 14.4 Å². The lowest BCUT2D eigenvalue weighted by molar-refractivity contribution is -0.158. The molecule has 0 radical (unpaired) electrons. The van der Waals surface area contributed by atoms with E-state index >= 15 is 0 Å². The summed E-state index contributed by atoms with van der Waals surface area (Å²) in [6.07, 6.45) is 6.65. The summed E-state index contributed by atoms with van der Waals surface area (Å²) in [6, 6.07) is 0. The minimum Gasteiger partial charge on any atom is -0.341 e. The van der Waals surface area contributed by atoms with Gasteiger partial charge >= 0.3 is 5.97 Å². The third kappa shape index (κ3) is 9.49. The molecular weight excluding hydrogens is 206 g/mol. The quantitative estimate of drug-likeness (QED) is 0.514. The molecule has 0 spiro atoms. The number of amides is 1. The van der Waals surface area contributed by atoms with E-state index in [4.69, 9.17) is 0 Å². The number of hydrogen-bond donors (Lipinski definition) is 1. The minimum atomic E-state index is -0.350. The van der Waals surface area contributed by atoms with Crippen LogP contribution in [0.5, 0.6) is 0 Å². The topological polar surface area (TPSA) is 55.4 Å². The van der Waals surface area contributed by atoms with Crippen LogP contribution in [0.2, 0.25) is 0 Å². The van der Waals surface area contributed by atoms with Gasteiger partial charge in [-0.3, -0.25) is 4.79 Å². The highest BCUT2D eigenvalue weighted by Gasteiger charge is 2.05. The van der Waals surface area contributed by atoms with Crippen LogP contribution in [0, 0.1) is 0 Å². The van der Waals surface area contributed by atoms with Crippen LogP contribution < -0.4 is 5.48 Å². The van der Waals surface area contributed by atoms with Crippen LogP contribution in [0.25, 0.3) is 0 Å². The molecule has 0 fully saturated rings. The molecule has 0 atom stereocenters. The Hall–Kier alpha value is -1.06. The molecule has 0 aromatic rings. The van der Waals surface area contributed by atoms with Gasteiger partial charge in [-0.15, -0.1) is 0 Å². The number of carbonyl (C=O) groups excluding carboxylic acids is 2. The van der Waals surface area contributed by atoms with E-state index in [0.29, 0.717) is 12.8 Å². The van der Waals surface area contributed by atoms with E-state index in [2.05, 4.69) is 24.2 Å². The van der Waals surface area contributed by atoms with Gasteiger partial charge in [0.2, 0.25) is 0 Å². The number of rotatable bonds is 8. The Morgan fingerprint density at radius 2 is 1.50 bits per heavy atom. The first-order valence-electron chi connectivity index (χ1n) is 6.19. The van der Waals surface area contributed by atoms with Gasteiger partial charge in [-0.1, -0.05) is 39.5 Å². The molecule has 0 saturated heterocycles. The van der Waals surface area contributed by atoms with Crippen molar-refractivity contribution in [2.75, 3.05) is 0 Å². The maximum Gasteiger partial charge on any atom is 0.332 e. The Labute approximate surface area is 97.7 Å². The molecule has 0 aliphatic rings. The molecule has 16 heavy (non-hydrogen) atoms. The Balaban J connectivity index is 3.40. The first-order chi connectivity index (χ1) is 7.70.